The van der Waals surface area contributed by atoms with Crippen molar-refractivity contribution >= 4 is 30.1 Å². The number of aldehydes is 1. The van der Waals surface area contributed by atoms with E-state index in [-0.39, 0.29) is 49.4 Å². The monoisotopic (exact) mass is 566 g/mol. The molecule has 1 saturated heterocycles. The number of aromatic hydroxyl groups is 1. The van der Waals surface area contributed by atoms with Gasteiger partial charge in [-0.15, -0.1) is 0 Å². The van der Waals surface area contributed by atoms with Crippen LogP contribution in [-0.2, 0) is 36.9 Å². The normalized spacial score (nSPS) is 16.7. The van der Waals surface area contributed by atoms with Crippen LogP contribution in [0.2, 0.25) is 0 Å². The fourth-order valence-corrected chi connectivity index (χ4v) is 4.57. The first-order chi connectivity index (χ1) is 19.6. The maximum Gasteiger partial charge on any atom is 0.408 e. The van der Waals surface area contributed by atoms with Crippen LogP contribution >= 0.6 is 0 Å². The number of phenolic OH excluding ortho intramolecular Hbond substituents is 1. The van der Waals surface area contributed by atoms with Crippen molar-refractivity contribution in [2.75, 3.05) is 6.54 Å². The van der Waals surface area contributed by atoms with Crippen LogP contribution in [0.25, 0.3) is 0 Å². The molecule has 1 fully saturated rings. The topological polar surface area (TPSA) is 163 Å². The zero-order valence-electron chi connectivity index (χ0n) is 23.3. The summed E-state index contributed by atoms with van der Waals surface area (Å²) in [6, 6.07) is 12.3. The molecule has 2 aromatic carbocycles. The van der Waals surface area contributed by atoms with Gasteiger partial charge in [-0.3, -0.25) is 14.4 Å². The lowest BCUT2D eigenvalue weighted by atomic mass is 9.97. The summed E-state index contributed by atoms with van der Waals surface area (Å²) in [7, 11) is 0. The molecular formula is C30H38N4O7. The van der Waals surface area contributed by atoms with Gasteiger partial charge in [-0.1, -0.05) is 56.3 Å². The van der Waals surface area contributed by atoms with E-state index in [0.717, 1.165) is 5.56 Å². The Hall–Kier alpha value is -4.41. The van der Waals surface area contributed by atoms with E-state index in [0.29, 0.717) is 24.8 Å². The number of carbonyl (C=O) groups excluding carboxylic acids is 5. The first-order valence-corrected chi connectivity index (χ1v) is 13.7. The van der Waals surface area contributed by atoms with Gasteiger partial charge in [0.05, 0.1) is 6.04 Å². The van der Waals surface area contributed by atoms with Gasteiger partial charge in [-0.2, -0.15) is 0 Å². The highest BCUT2D eigenvalue weighted by Gasteiger charge is 2.31. The fraction of sp³-hybridized carbons (Fsp3) is 0.433. The third-order valence-corrected chi connectivity index (χ3v) is 6.73. The van der Waals surface area contributed by atoms with Crippen molar-refractivity contribution in [1.29, 1.82) is 0 Å². The summed E-state index contributed by atoms with van der Waals surface area (Å²) in [4.78, 5) is 63.0. The number of ether oxygens (including phenoxy) is 1. The molecule has 1 heterocycles. The smallest absolute Gasteiger partial charge is 0.408 e. The Morgan fingerprint density at radius 3 is 2.27 bits per heavy atom. The Labute approximate surface area is 239 Å². The molecule has 11 nitrogen and oxygen atoms in total. The molecule has 1 aliphatic heterocycles. The van der Waals surface area contributed by atoms with E-state index >= 15 is 0 Å². The van der Waals surface area contributed by atoms with Crippen LogP contribution < -0.4 is 21.3 Å². The van der Waals surface area contributed by atoms with Crippen LogP contribution in [0.3, 0.4) is 0 Å². The third kappa shape index (κ3) is 10.3. The molecule has 220 valence electrons. The Bertz CT molecular complexity index is 1190. The van der Waals surface area contributed by atoms with Gasteiger partial charge in [0.2, 0.25) is 17.7 Å². The first kappa shape index (κ1) is 31.1. The molecule has 2 aromatic rings. The average Bonchev–Trinajstić information content (AvgIpc) is 3.36. The van der Waals surface area contributed by atoms with Gasteiger partial charge in [-0.25, -0.2) is 4.79 Å². The summed E-state index contributed by atoms with van der Waals surface area (Å²) in [6.45, 7) is 4.31. The minimum atomic E-state index is -1.10. The molecular weight excluding hydrogens is 528 g/mol. The molecule has 4 atom stereocenters. The highest BCUT2D eigenvalue weighted by molar-refractivity contribution is 5.92. The number of nitrogens with one attached hydrogen (secondary N) is 4. The average molecular weight is 567 g/mol. The molecule has 0 radical (unpaired) electrons. The number of carbonyl (C=O) groups is 5. The largest absolute Gasteiger partial charge is 0.508 e. The predicted molar refractivity (Wildman–Crippen MR) is 150 cm³/mol. The van der Waals surface area contributed by atoms with Crippen LogP contribution in [0.15, 0.2) is 54.6 Å². The summed E-state index contributed by atoms with van der Waals surface area (Å²) in [5.74, 6) is -1.63. The highest BCUT2D eigenvalue weighted by Crippen LogP contribution is 2.16. The summed E-state index contributed by atoms with van der Waals surface area (Å²) in [5.41, 5.74) is 1.43. The first-order valence-electron chi connectivity index (χ1n) is 13.7. The summed E-state index contributed by atoms with van der Waals surface area (Å²) < 4.78 is 5.30. The number of hydrogen-bond acceptors (Lipinski definition) is 7. The van der Waals surface area contributed by atoms with E-state index < -0.39 is 36.0 Å². The van der Waals surface area contributed by atoms with E-state index in [1.807, 2.05) is 32.0 Å². The molecule has 0 spiro atoms. The van der Waals surface area contributed by atoms with Crippen LogP contribution in [0, 0.1) is 11.8 Å². The number of rotatable bonds is 14. The molecule has 1 aliphatic rings. The molecule has 3 unspecified atom stereocenters. The van der Waals surface area contributed by atoms with Gasteiger partial charge >= 0.3 is 6.09 Å². The van der Waals surface area contributed by atoms with Crippen molar-refractivity contribution < 1.29 is 33.8 Å². The Kier molecular flexibility index (Phi) is 11.7. The summed E-state index contributed by atoms with van der Waals surface area (Å²) >= 11 is 0. The van der Waals surface area contributed by atoms with Crippen molar-refractivity contribution in [3.8, 4) is 5.75 Å². The third-order valence-electron chi connectivity index (χ3n) is 6.73. The summed E-state index contributed by atoms with van der Waals surface area (Å²) in [6.07, 6.45) is 0.870. The van der Waals surface area contributed by atoms with Crippen molar-refractivity contribution in [2.24, 2.45) is 11.8 Å². The summed E-state index contributed by atoms with van der Waals surface area (Å²) in [5, 5.41) is 20.3. The lowest BCUT2D eigenvalue weighted by molar-refractivity contribution is -0.131. The maximum absolute atomic E-state index is 13.5. The van der Waals surface area contributed by atoms with E-state index in [9.17, 15) is 29.1 Å². The standard InChI is InChI=1S/C30H38N4O7/c1-19(2)14-25(28(38)32-23(17-35)16-22-12-13-31-27(22)37)33-29(39)26(15-20-8-10-24(36)11-9-20)34-30(40)41-18-21-6-4-3-5-7-21/h3-11,17,19,22-23,25-26,36H,12-16,18H2,1-2H3,(H,31,37)(H,32,38)(H,33,39)(H,34,40)/t22?,23?,25-,26?/m0/s1. The van der Waals surface area contributed by atoms with Crippen LogP contribution in [0.1, 0.15) is 44.2 Å². The Morgan fingerprint density at radius 1 is 0.976 bits per heavy atom. The molecule has 0 saturated carbocycles. The number of benzene rings is 2. The van der Waals surface area contributed by atoms with Crippen molar-refractivity contribution in [3.05, 3.63) is 65.7 Å². The fourth-order valence-electron chi connectivity index (χ4n) is 4.57. The van der Waals surface area contributed by atoms with E-state index in [4.69, 9.17) is 4.74 Å². The van der Waals surface area contributed by atoms with E-state index in [2.05, 4.69) is 21.3 Å². The van der Waals surface area contributed by atoms with Crippen molar-refractivity contribution in [1.82, 2.24) is 21.3 Å². The second-order valence-electron chi connectivity index (χ2n) is 10.6. The molecule has 41 heavy (non-hydrogen) atoms. The Balaban J connectivity index is 1.70. The van der Waals surface area contributed by atoms with Crippen molar-refractivity contribution in [2.45, 2.75) is 64.3 Å². The minimum absolute atomic E-state index is 0.00467. The SMILES string of the molecule is CC(C)C[C@H](NC(=O)C(Cc1ccc(O)cc1)NC(=O)OCc1ccccc1)C(=O)NC(C=O)CC1CCNC1=O. The lowest BCUT2D eigenvalue weighted by Crippen LogP contribution is -2.56. The van der Waals surface area contributed by atoms with Crippen LogP contribution in [-0.4, -0.2) is 59.9 Å². The molecule has 11 heteroatoms. The van der Waals surface area contributed by atoms with Gasteiger partial charge in [0.15, 0.2) is 0 Å². The lowest BCUT2D eigenvalue weighted by Gasteiger charge is -2.25. The molecule has 0 bridgehead atoms. The molecule has 4 amide bonds. The van der Waals surface area contributed by atoms with Crippen LogP contribution in [0.4, 0.5) is 4.79 Å². The van der Waals surface area contributed by atoms with Gasteiger partial charge in [0, 0.05) is 18.9 Å². The van der Waals surface area contributed by atoms with Gasteiger partial charge < -0.3 is 35.9 Å². The van der Waals surface area contributed by atoms with Gasteiger partial charge in [0.25, 0.3) is 0 Å². The predicted octanol–water partition coefficient (Wildman–Crippen LogP) is 1.97. The number of hydrogen-bond donors (Lipinski definition) is 5. The molecule has 5 N–H and O–H groups in total. The number of amides is 4. The molecule has 3 rings (SSSR count). The second-order valence-corrected chi connectivity index (χ2v) is 10.6. The second kappa shape index (κ2) is 15.4. The van der Waals surface area contributed by atoms with E-state index in [1.165, 1.54) is 12.1 Å². The Morgan fingerprint density at radius 2 is 1.66 bits per heavy atom. The van der Waals surface area contributed by atoms with Crippen LogP contribution in [0.5, 0.6) is 5.75 Å². The zero-order chi connectivity index (χ0) is 29.8. The van der Waals surface area contributed by atoms with E-state index in [1.54, 1.807) is 24.3 Å². The van der Waals surface area contributed by atoms with Crippen molar-refractivity contribution in [3.63, 3.8) is 0 Å². The highest BCUT2D eigenvalue weighted by atomic mass is 16.5. The molecule has 0 aromatic heterocycles. The minimum Gasteiger partial charge on any atom is -0.508 e. The number of alkyl carbamates (subject to hydrolysis) is 1. The van der Waals surface area contributed by atoms with Gasteiger partial charge in [0.1, 0.15) is 30.7 Å². The molecule has 0 aliphatic carbocycles. The van der Waals surface area contributed by atoms with Gasteiger partial charge in [-0.05, 0) is 48.4 Å². The zero-order valence-corrected chi connectivity index (χ0v) is 23.3. The quantitative estimate of drug-likeness (QED) is 0.218. The maximum atomic E-state index is 13.5. The number of phenols is 1.